The van der Waals surface area contributed by atoms with E-state index in [1.165, 1.54) is 0 Å². The van der Waals surface area contributed by atoms with E-state index in [-0.39, 0.29) is 5.54 Å². The number of H-pyrrole nitrogens is 1. The summed E-state index contributed by atoms with van der Waals surface area (Å²) in [6.07, 6.45) is 0. The minimum Gasteiger partial charge on any atom is -0.496 e. The Morgan fingerprint density at radius 3 is 2.59 bits per heavy atom. The van der Waals surface area contributed by atoms with E-state index in [9.17, 15) is 0 Å². The number of anilines is 1. The normalized spacial score (nSPS) is 11.6. The molecule has 0 fully saturated rings. The van der Waals surface area contributed by atoms with Gasteiger partial charge in [-0.05, 0) is 45.0 Å². The molecule has 3 aromatic rings. The Hall–Kier alpha value is -2.56. The Kier molecular flexibility index (Phi) is 3.48. The lowest BCUT2D eigenvalue weighted by Crippen LogP contribution is -2.26. The molecule has 22 heavy (non-hydrogen) atoms. The van der Waals surface area contributed by atoms with E-state index < -0.39 is 0 Å². The summed E-state index contributed by atoms with van der Waals surface area (Å²) in [5.41, 5.74) is 2.55. The molecule has 0 bridgehead atoms. The predicted octanol–water partition coefficient (Wildman–Crippen LogP) is 3.84. The smallest absolute Gasteiger partial charge is 0.183 e. The number of hydrogen-bond donors (Lipinski definition) is 2. The molecule has 0 amide bonds. The highest BCUT2D eigenvalue weighted by Crippen LogP contribution is 2.33. The van der Waals surface area contributed by atoms with E-state index in [2.05, 4.69) is 41.3 Å². The lowest BCUT2D eigenvalue weighted by atomic mass is 10.1. The fourth-order valence-corrected chi connectivity index (χ4v) is 2.41. The predicted molar refractivity (Wildman–Crippen MR) is 89.3 cm³/mol. The number of aromatic amines is 1. The molecule has 0 aliphatic rings. The number of rotatable bonds is 3. The molecule has 0 atom stereocenters. The summed E-state index contributed by atoms with van der Waals surface area (Å²) < 4.78 is 5.43. The van der Waals surface area contributed by atoms with Gasteiger partial charge in [-0.15, -0.1) is 0 Å². The number of fused-ring (bicyclic) bond motifs is 1. The first kappa shape index (κ1) is 14.4. The summed E-state index contributed by atoms with van der Waals surface area (Å²) in [7, 11) is 1.67. The van der Waals surface area contributed by atoms with Crippen LogP contribution in [-0.2, 0) is 0 Å². The number of aromatic nitrogens is 3. The number of nitrogens with zero attached hydrogens (tertiary/aromatic N) is 2. The lowest BCUT2D eigenvalue weighted by Gasteiger charge is -2.21. The van der Waals surface area contributed by atoms with Crippen molar-refractivity contribution in [3.05, 3.63) is 36.4 Å². The van der Waals surface area contributed by atoms with Crippen molar-refractivity contribution >= 4 is 16.9 Å². The van der Waals surface area contributed by atoms with Crippen LogP contribution < -0.4 is 10.1 Å². The first-order chi connectivity index (χ1) is 10.5. The molecule has 2 heterocycles. The van der Waals surface area contributed by atoms with Crippen molar-refractivity contribution in [2.24, 2.45) is 0 Å². The van der Waals surface area contributed by atoms with E-state index in [0.29, 0.717) is 5.65 Å². The van der Waals surface area contributed by atoms with Crippen LogP contribution in [0.1, 0.15) is 20.8 Å². The number of methoxy groups -OCH3 is 1. The molecule has 5 nitrogen and oxygen atoms in total. The van der Waals surface area contributed by atoms with E-state index in [4.69, 9.17) is 4.74 Å². The van der Waals surface area contributed by atoms with Gasteiger partial charge in [0.2, 0.25) is 0 Å². The van der Waals surface area contributed by atoms with E-state index in [1.807, 2.05) is 36.4 Å². The average Bonchev–Trinajstić information content (AvgIpc) is 2.88. The van der Waals surface area contributed by atoms with Crippen molar-refractivity contribution in [1.82, 2.24) is 15.2 Å². The van der Waals surface area contributed by atoms with Gasteiger partial charge in [0.05, 0.1) is 12.8 Å². The number of benzene rings is 1. The second-order valence-electron chi connectivity index (χ2n) is 6.24. The standard InChI is InChI=1S/C17H20N4O/c1-17(2,3)19-14-10-9-12-15(20-21-16(12)18-14)11-7-5-6-8-13(11)22-4/h5-10H,1-4H3,(H2,18,19,20,21). The van der Waals surface area contributed by atoms with Gasteiger partial charge >= 0.3 is 0 Å². The van der Waals surface area contributed by atoms with Gasteiger partial charge in [0.1, 0.15) is 11.6 Å². The molecule has 0 aliphatic heterocycles. The van der Waals surface area contributed by atoms with Crippen molar-refractivity contribution in [3.63, 3.8) is 0 Å². The lowest BCUT2D eigenvalue weighted by molar-refractivity contribution is 0.416. The van der Waals surface area contributed by atoms with Gasteiger partial charge in [0.25, 0.3) is 0 Å². The van der Waals surface area contributed by atoms with Crippen LogP contribution in [0.2, 0.25) is 0 Å². The zero-order chi connectivity index (χ0) is 15.7. The number of hydrogen-bond acceptors (Lipinski definition) is 4. The monoisotopic (exact) mass is 296 g/mol. The van der Waals surface area contributed by atoms with Crippen LogP contribution >= 0.6 is 0 Å². The molecule has 5 heteroatoms. The fourth-order valence-electron chi connectivity index (χ4n) is 2.41. The first-order valence-corrected chi connectivity index (χ1v) is 7.24. The molecule has 0 spiro atoms. The zero-order valence-corrected chi connectivity index (χ0v) is 13.3. The molecular formula is C17H20N4O. The van der Waals surface area contributed by atoms with Gasteiger partial charge in [0, 0.05) is 16.5 Å². The largest absolute Gasteiger partial charge is 0.496 e. The Bertz CT molecular complexity index is 802. The van der Waals surface area contributed by atoms with Crippen LogP contribution in [0.4, 0.5) is 5.82 Å². The van der Waals surface area contributed by atoms with Crippen molar-refractivity contribution in [2.75, 3.05) is 12.4 Å². The van der Waals surface area contributed by atoms with Gasteiger partial charge in [-0.1, -0.05) is 12.1 Å². The fraction of sp³-hybridized carbons (Fsp3) is 0.294. The summed E-state index contributed by atoms with van der Waals surface area (Å²) in [5.74, 6) is 1.63. The molecule has 1 aromatic carbocycles. The highest BCUT2D eigenvalue weighted by molar-refractivity contribution is 5.93. The molecule has 0 radical (unpaired) electrons. The molecule has 3 rings (SSSR count). The minimum absolute atomic E-state index is 0.0392. The van der Waals surface area contributed by atoms with Crippen molar-refractivity contribution < 1.29 is 4.74 Å². The summed E-state index contributed by atoms with van der Waals surface area (Å²) in [6.45, 7) is 6.30. The Morgan fingerprint density at radius 1 is 1.09 bits per heavy atom. The zero-order valence-electron chi connectivity index (χ0n) is 13.3. The second kappa shape index (κ2) is 5.33. The number of pyridine rings is 1. The minimum atomic E-state index is -0.0392. The van der Waals surface area contributed by atoms with Crippen LogP contribution in [0.25, 0.3) is 22.3 Å². The summed E-state index contributed by atoms with van der Waals surface area (Å²) in [4.78, 5) is 4.57. The molecule has 2 N–H and O–H groups in total. The second-order valence-corrected chi connectivity index (χ2v) is 6.24. The number of nitrogens with one attached hydrogen (secondary N) is 2. The molecule has 0 unspecified atom stereocenters. The van der Waals surface area contributed by atoms with Crippen LogP contribution in [-0.4, -0.2) is 27.8 Å². The quantitative estimate of drug-likeness (QED) is 0.770. The van der Waals surface area contributed by atoms with Crippen LogP contribution in [0, 0.1) is 0 Å². The molecule has 2 aromatic heterocycles. The first-order valence-electron chi connectivity index (χ1n) is 7.24. The van der Waals surface area contributed by atoms with Gasteiger partial charge in [0.15, 0.2) is 5.65 Å². The topological polar surface area (TPSA) is 62.8 Å². The average molecular weight is 296 g/mol. The van der Waals surface area contributed by atoms with Gasteiger partial charge in [-0.2, -0.15) is 5.10 Å². The third kappa shape index (κ3) is 2.74. The van der Waals surface area contributed by atoms with E-state index in [0.717, 1.165) is 28.2 Å². The number of para-hydroxylation sites is 1. The Morgan fingerprint density at radius 2 is 1.86 bits per heavy atom. The number of ether oxygens (including phenoxy) is 1. The molecule has 0 saturated carbocycles. The van der Waals surface area contributed by atoms with Crippen LogP contribution in [0.3, 0.4) is 0 Å². The van der Waals surface area contributed by atoms with E-state index in [1.54, 1.807) is 7.11 Å². The summed E-state index contributed by atoms with van der Waals surface area (Å²) >= 11 is 0. The van der Waals surface area contributed by atoms with Gasteiger partial charge in [-0.3, -0.25) is 5.10 Å². The highest BCUT2D eigenvalue weighted by Gasteiger charge is 2.15. The van der Waals surface area contributed by atoms with Crippen molar-refractivity contribution in [3.8, 4) is 17.0 Å². The van der Waals surface area contributed by atoms with Crippen LogP contribution in [0.5, 0.6) is 5.75 Å². The maximum Gasteiger partial charge on any atom is 0.183 e. The third-order valence-electron chi connectivity index (χ3n) is 3.30. The van der Waals surface area contributed by atoms with Gasteiger partial charge in [-0.25, -0.2) is 4.98 Å². The SMILES string of the molecule is COc1ccccc1-c1[nH]nc2nc(NC(C)(C)C)ccc12. The van der Waals surface area contributed by atoms with Crippen molar-refractivity contribution in [2.45, 2.75) is 26.3 Å². The molecule has 0 aliphatic carbocycles. The molecule has 0 saturated heterocycles. The maximum absolute atomic E-state index is 5.43. The maximum atomic E-state index is 5.43. The highest BCUT2D eigenvalue weighted by atomic mass is 16.5. The summed E-state index contributed by atoms with van der Waals surface area (Å²) in [5, 5.41) is 11.7. The Balaban J connectivity index is 2.06. The van der Waals surface area contributed by atoms with Gasteiger partial charge < -0.3 is 10.1 Å². The molecule has 114 valence electrons. The van der Waals surface area contributed by atoms with Crippen molar-refractivity contribution in [1.29, 1.82) is 0 Å². The molecular weight excluding hydrogens is 276 g/mol. The summed E-state index contributed by atoms with van der Waals surface area (Å²) in [6, 6.07) is 11.9. The van der Waals surface area contributed by atoms with E-state index >= 15 is 0 Å². The third-order valence-corrected chi connectivity index (χ3v) is 3.30. The van der Waals surface area contributed by atoms with Crippen LogP contribution in [0.15, 0.2) is 36.4 Å². The Labute approximate surface area is 129 Å².